The number of hydrogen-bond donors (Lipinski definition) is 2. The standard InChI is InChI=1S/C30H26Cl2FNO5S/c31-24-10-8-22(9-11-24)23-4-1-3-21(15-23)19-34(18-20-6-12-26(33)13-7-20)40(38,39)29-17-25(32)16-27(30(29)37)28(36)5-2-14-35/h1,3-4,6-13,15-17,35,37H,2,5,14,18-19H2. The van der Waals surface area contributed by atoms with Crippen molar-refractivity contribution in [3.8, 4) is 16.9 Å². The highest BCUT2D eigenvalue weighted by molar-refractivity contribution is 7.89. The van der Waals surface area contributed by atoms with Crippen molar-refractivity contribution in [2.45, 2.75) is 30.8 Å². The van der Waals surface area contributed by atoms with Gasteiger partial charge in [0, 0.05) is 36.2 Å². The van der Waals surface area contributed by atoms with Gasteiger partial charge in [-0.25, -0.2) is 12.8 Å². The summed E-state index contributed by atoms with van der Waals surface area (Å²) in [5.41, 5.74) is 2.65. The van der Waals surface area contributed by atoms with E-state index in [1.807, 2.05) is 24.3 Å². The van der Waals surface area contributed by atoms with Crippen LogP contribution in [0.3, 0.4) is 0 Å². The van der Waals surface area contributed by atoms with Gasteiger partial charge in [0.1, 0.15) is 16.5 Å². The molecule has 0 heterocycles. The van der Waals surface area contributed by atoms with E-state index in [9.17, 15) is 22.7 Å². The number of sulfonamides is 1. The Kier molecular flexibility index (Phi) is 9.60. The van der Waals surface area contributed by atoms with Gasteiger partial charge in [-0.2, -0.15) is 4.31 Å². The average molecular weight is 603 g/mol. The van der Waals surface area contributed by atoms with Gasteiger partial charge in [0.25, 0.3) is 0 Å². The van der Waals surface area contributed by atoms with Crippen LogP contribution < -0.4 is 0 Å². The predicted molar refractivity (Wildman–Crippen MR) is 153 cm³/mol. The fourth-order valence-electron chi connectivity index (χ4n) is 4.21. The maximum Gasteiger partial charge on any atom is 0.247 e. The van der Waals surface area contributed by atoms with Crippen LogP contribution in [0.5, 0.6) is 5.75 Å². The van der Waals surface area contributed by atoms with E-state index in [0.29, 0.717) is 16.1 Å². The van der Waals surface area contributed by atoms with E-state index in [-0.39, 0.29) is 43.1 Å². The highest BCUT2D eigenvalue weighted by atomic mass is 35.5. The summed E-state index contributed by atoms with van der Waals surface area (Å²) in [5.74, 6) is -1.73. The number of aromatic hydroxyl groups is 1. The molecule has 10 heteroatoms. The minimum absolute atomic E-state index is 0.0461. The quantitative estimate of drug-likeness (QED) is 0.183. The molecule has 0 aliphatic rings. The van der Waals surface area contributed by atoms with E-state index >= 15 is 0 Å². The fourth-order valence-corrected chi connectivity index (χ4v) is 6.17. The summed E-state index contributed by atoms with van der Waals surface area (Å²) >= 11 is 12.2. The van der Waals surface area contributed by atoms with E-state index in [4.69, 9.17) is 28.3 Å². The molecule has 4 aromatic rings. The lowest BCUT2D eigenvalue weighted by atomic mass is 10.0. The molecule has 6 nitrogen and oxygen atoms in total. The Morgan fingerprint density at radius 3 is 2.17 bits per heavy atom. The van der Waals surface area contributed by atoms with Crippen LogP contribution in [0.1, 0.15) is 34.3 Å². The summed E-state index contributed by atoms with van der Waals surface area (Å²) in [6, 6.07) is 22.3. The Morgan fingerprint density at radius 2 is 1.50 bits per heavy atom. The molecule has 0 spiro atoms. The van der Waals surface area contributed by atoms with E-state index in [1.165, 1.54) is 30.3 Å². The highest BCUT2D eigenvalue weighted by Crippen LogP contribution is 2.35. The number of phenolic OH excluding ortho intramolecular Hbond substituents is 1. The molecule has 0 aromatic heterocycles. The summed E-state index contributed by atoms with van der Waals surface area (Å²) < 4.78 is 42.8. The van der Waals surface area contributed by atoms with Crippen molar-refractivity contribution >= 4 is 39.0 Å². The number of phenols is 1. The normalized spacial score (nSPS) is 11.6. The molecule has 4 aromatic carbocycles. The van der Waals surface area contributed by atoms with Gasteiger partial charge >= 0.3 is 0 Å². The Hall–Kier alpha value is -3.27. The third-order valence-corrected chi connectivity index (χ3v) is 8.53. The molecule has 0 aliphatic carbocycles. The Labute approximate surface area is 242 Å². The van der Waals surface area contributed by atoms with E-state index in [0.717, 1.165) is 21.5 Å². The van der Waals surface area contributed by atoms with Crippen molar-refractivity contribution in [1.29, 1.82) is 0 Å². The first kappa shape index (κ1) is 29.7. The van der Waals surface area contributed by atoms with Gasteiger partial charge in [-0.3, -0.25) is 4.79 Å². The monoisotopic (exact) mass is 601 g/mol. The molecule has 0 bridgehead atoms. The molecule has 40 heavy (non-hydrogen) atoms. The number of carbonyl (C=O) groups excluding carboxylic acids is 1. The van der Waals surface area contributed by atoms with Crippen LogP contribution >= 0.6 is 23.2 Å². The van der Waals surface area contributed by atoms with Crippen LogP contribution in [0.4, 0.5) is 4.39 Å². The topological polar surface area (TPSA) is 94.9 Å². The van der Waals surface area contributed by atoms with E-state index in [1.54, 1.807) is 24.3 Å². The first-order chi connectivity index (χ1) is 19.1. The number of aliphatic hydroxyl groups excluding tert-OH is 1. The molecular formula is C30H26Cl2FNO5S. The number of benzene rings is 4. The molecule has 0 fully saturated rings. The van der Waals surface area contributed by atoms with Gasteiger partial charge in [0.05, 0.1) is 5.56 Å². The second-order valence-electron chi connectivity index (χ2n) is 9.16. The molecule has 0 aliphatic heterocycles. The third-order valence-electron chi connectivity index (χ3n) is 6.26. The largest absolute Gasteiger partial charge is 0.506 e. The number of Topliss-reactive ketones (excluding diaryl/α,β-unsaturated/α-hetero) is 1. The number of carbonyl (C=O) groups is 1. The zero-order chi connectivity index (χ0) is 28.9. The van der Waals surface area contributed by atoms with Crippen molar-refractivity contribution in [3.63, 3.8) is 0 Å². The van der Waals surface area contributed by atoms with Crippen molar-refractivity contribution in [2.75, 3.05) is 6.61 Å². The Morgan fingerprint density at radius 1 is 0.825 bits per heavy atom. The molecule has 2 N–H and O–H groups in total. The molecule has 0 amide bonds. The number of ketones is 1. The fraction of sp³-hybridized carbons (Fsp3) is 0.167. The van der Waals surface area contributed by atoms with Gasteiger partial charge in [0.2, 0.25) is 10.0 Å². The Balaban J connectivity index is 1.76. The molecule has 208 valence electrons. The van der Waals surface area contributed by atoms with Crippen LogP contribution in [-0.4, -0.2) is 35.3 Å². The maximum atomic E-state index is 14.0. The second kappa shape index (κ2) is 12.9. The summed E-state index contributed by atoms with van der Waals surface area (Å²) in [6.45, 7) is -0.479. The van der Waals surface area contributed by atoms with Crippen LogP contribution in [0.2, 0.25) is 10.0 Å². The summed E-state index contributed by atoms with van der Waals surface area (Å²) in [7, 11) is -4.43. The van der Waals surface area contributed by atoms with Gasteiger partial charge in [-0.1, -0.05) is 65.7 Å². The lowest BCUT2D eigenvalue weighted by molar-refractivity contribution is 0.0968. The summed E-state index contributed by atoms with van der Waals surface area (Å²) in [5, 5.41) is 20.6. The first-order valence-corrected chi connectivity index (χ1v) is 14.5. The van der Waals surface area contributed by atoms with Crippen molar-refractivity contribution in [2.24, 2.45) is 0 Å². The van der Waals surface area contributed by atoms with E-state index < -0.39 is 32.3 Å². The zero-order valence-corrected chi connectivity index (χ0v) is 23.6. The van der Waals surface area contributed by atoms with Crippen LogP contribution in [-0.2, 0) is 23.1 Å². The SMILES string of the molecule is O=C(CCCO)c1cc(Cl)cc(S(=O)(=O)N(Cc2ccc(F)cc2)Cc2cccc(-c3ccc(Cl)cc3)c2)c1O. The van der Waals surface area contributed by atoms with Crippen molar-refractivity contribution in [1.82, 2.24) is 4.31 Å². The molecular weight excluding hydrogens is 576 g/mol. The number of nitrogens with zero attached hydrogens (tertiary/aromatic N) is 1. The van der Waals surface area contributed by atoms with Crippen molar-refractivity contribution < 1.29 is 27.8 Å². The molecule has 0 atom stereocenters. The summed E-state index contributed by atoms with van der Waals surface area (Å²) in [6.07, 6.45) is 0.0498. The average Bonchev–Trinajstić information content (AvgIpc) is 2.94. The highest BCUT2D eigenvalue weighted by Gasteiger charge is 2.31. The van der Waals surface area contributed by atoms with Gasteiger partial charge in [0.15, 0.2) is 5.78 Å². The summed E-state index contributed by atoms with van der Waals surface area (Å²) in [4.78, 5) is 12.1. The van der Waals surface area contributed by atoms with Crippen LogP contribution in [0.25, 0.3) is 11.1 Å². The van der Waals surface area contributed by atoms with Crippen molar-refractivity contribution in [3.05, 3.63) is 117 Å². The predicted octanol–water partition coefficient (Wildman–Crippen LogP) is 6.85. The second-order valence-corrected chi connectivity index (χ2v) is 11.9. The van der Waals surface area contributed by atoms with E-state index in [2.05, 4.69) is 0 Å². The third kappa shape index (κ3) is 7.08. The van der Waals surface area contributed by atoms with Crippen LogP contribution in [0, 0.1) is 5.82 Å². The lowest BCUT2D eigenvalue weighted by Gasteiger charge is -2.24. The smallest absolute Gasteiger partial charge is 0.247 e. The van der Waals surface area contributed by atoms with Crippen LogP contribution in [0.15, 0.2) is 89.8 Å². The number of aliphatic hydroxyl groups is 1. The maximum absolute atomic E-state index is 14.0. The molecule has 0 radical (unpaired) electrons. The molecule has 4 rings (SSSR count). The number of hydrogen-bond acceptors (Lipinski definition) is 5. The zero-order valence-electron chi connectivity index (χ0n) is 21.2. The van der Waals surface area contributed by atoms with Gasteiger partial charge in [-0.15, -0.1) is 0 Å². The number of rotatable bonds is 11. The molecule has 0 saturated heterocycles. The molecule has 0 unspecified atom stereocenters. The minimum Gasteiger partial charge on any atom is -0.506 e. The first-order valence-electron chi connectivity index (χ1n) is 12.3. The van der Waals surface area contributed by atoms with Gasteiger partial charge in [-0.05, 0) is 71.1 Å². The van der Waals surface area contributed by atoms with Gasteiger partial charge < -0.3 is 10.2 Å². The minimum atomic E-state index is -4.43. The number of halogens is 3. The Bertz CT molecular complexity index is 1610. The molecule has 0 saturated carbocycles. The lowest BCUT2D eigenvalue weighted by Crippen LogP contribution is -2.30.